The van der Waals surface area contributed by atoms with Crippen molar-refractivity contribution in [1.82, 2.24) is 9.03 Å². The molecule has 1 amide bonds. The molecule has 20 heavy (non-hydrogen) atoms. The number of likely N-dealkylation sites (tertiary alicyclic amines) is 1. The SMILES string of the molecule is O=C(C(F)S(=O)(=O)NS(=O)(=O)C(F)(F)F)N1CCCC1. The first-order valence-electron chi connectivity index (χ1n) is 5.15. The molecule has 0 aromatic heterocycles. The van der Waals surface area contributed by atoms with E-state index in [2.05, 4.69) is 0 Å². The van der Waals surface area contributed by atoms with Gasteiger partial charge in [0.1, 0.15) is 0 Å². The second-order valence-corrected chi connectivity index (χ2v) is 7.57. The monoisotopic (exact) mass is 342 g/mol. The largest absolute Gasteiger partial charge is 0.512 e. The third kappa shape index (κ3) is 3.58. The quantitative estimate of drug-likeness (QED) is 0.706. The highest BCUT2D eigenvalue weighted by Gasteiger charge is 2.51. The smallest absolute Gasteiger partial charge is 0.339 e. The fraction of sp³-hybridized carbons (Fsp3) is 0.857. The van der Waals surface area contributed by atoms with Gasteiger partial charge in [-0.3, -0.25) is 4.79 Å². The number of alkyl halides is 4. The van der Waals surface area contributed by atoms with Crippen LogP contribution >= 0.6 is 0 Å². The van der Waals surface area contributed by atoms with Crippen LogP contribution in [0.3, 0.4) is 0 Å². The predicted molar refractivity (Wildman–Crippen MR) is 57.7 cm³/mol. The zero-order chi connectivity index (χ0) is 15.8. The molecule has 1 saturated heterocycles. The normalized spacial score (nSPS) is 19.1. The molecule has 1 aliphatic heterocycles. The number of carbonyl (C=O) groups is 1. The predicted octanol–water partition coefficient (Wildman–Crippen LogP) is -0.327. The van der Waals surface area contributed by atoms with Crippen molar-refractivity contribution < 1.29 is 39.2 Å². The van der Waals surface area contributed by atoms with Crippen LogP contribution in [-0.4, -0.2) is 51.7 Å². The van der Waals surface area contributed by atoms with Crippen molar-refractivity contribution in [2.24, 2.45) is 0 Å². The van der Waals surface area contributed by atoms with Gasteiger partial charge in [0.05, 0.1) is 0 Å². The summed E-state index contributed by atoms with van der Waals surface area (Å²) in [6.45, 7) is 0.113. The molecule has 1 N–H and O–H groups in total. The first-order chi connectivity index (χ1) is 8.88. The van der Waals surface area contributed by atoms with Gasteiger partial charge in [0.25, 0.3) is 21.4 Å². The van der Waals surface area contributed by atoms with Gasteiger partial charge in [-0.2, -0.15) is 13.2 Å². The first-order valence-corrected chi connectivity index (χ1v) is 8.18. The summed E-state index contributed by atoms with van der Waals surface area (Å²) in [5, 5.41) is 0. The van der Waals surface area contributed by atoms with Gasteiger partial charge < -0.3 is 4.90 Å². The van der Waals surface area contributed by atoms with E-state index in [9.17, 15) is 39.2 Å². The lowest BCUT2D eigenvalue weighted by Crippen LogP contribution is -2.48. The number of amides is 1. The Kier molecular flexibility index (Phi) is 4.65. The van der Waals surface area contributed by atoms with E-state index in [1.54, 1.807) is 0 Å². The Balaban J connectivity index is 2.91. The fourth-order valence-electron chi connectivity index (χ4n) is 1.46. The number of hydrogen-bond donors (Lipinski definition) is 1. The van der Waals surface area contributed by atoms with Gasteiger partial charge in [-0.05, 0) is 12.8 Å². The summed E-state index contributed by atoms with van der Waals surface area (Å²) >= 11 is 0. The zero-order valence-corrected chi connectivity index (χ0v) is 11.4. The Bertz CT molecular complexity index is 579. The Morgan fingerprint density at radius 3 is 1.95 bits per heavy atom. The molecule has 1 atom stereocenters. The summed E-state index contributed by atoms with van der Waals surface area (Å²) in [6.07, 6.45) is 0.986. The van der Waals surface area contributed by atoms with E-state index in [0.29, 0.717) is 12.8 Å². The van der Waals surface area contributed by atoms with Crippen LogP contribution < -0.4 is 4.13 Å². The van der Waals surface area contributed by atoms with Crippen molar-refractivity contribution in [1.29, 1.82) is 0 Å². The molecule has 0 bridgehead atoms. The van der Waals surface area contributed by atoms with E-state index < -0.39 is 37.0 Å². The maximum atomic E-state index is 13.5. The lowest BCUT2D eigenvalue weighted by molar-refractivity contribution is -0.132. The number of nitrogens with zero attached hydrogens (tertiary/aromatic N) is 1. The molecule has 0 aromatic carbocycles. The van der Waals surface area contributed by atoms with Crippen molar-refractivity contribution in [3.63, 3.8) is 0 Å². The Morgan fingerprint density at radius 2 is 1.55 bits per heavy atom. The van der Waals surface area contributed by atoms with Crippen LogP contribution in [0.15, 0.2) is 0 Å². The van der Waals surface area contributed by atoms with Crippen molar-refractivity contribution in [3.8, 4) is 0 Å². The van der Waals surface area contributed by atoms with Crippen LogP contribution in [0, 0.1) is 0 Å². The second-order valence-electron chi connectivity index (χ2n) is 3.93. The van der Waals surface area contributed by atoms with Crippen molar-refractivity contribution in [3.05, 3.63) is 0 Å². The first kappa shape index (κ1) is 17.1. The molecule has 1 heterocycles. The zero-order valence-electron chi connectivity index (χ0n) is 9.72. The second kappa shape index (κ2) is 5.44. The van der Waals surface area contributed by atoms with E-state index in [-0.39, 0.29) is 17.2 Å². The molecule has 13 heteroatoms. The van der Waals surface area contributed by atoms with E-state index in [1.807, 2.05) is 0 Å². The minimum absolute atomic E-state index is 0.0563. The highest BCUT2D eigenvalue weighted by Crippen LogP contribution is 2.23. The van der Waals surface area contributed by atoms with Crippen molar-refractivity contribution in [2.75, 3.05) is 13.1 Å². The molecule has 1 aliphatic rings. The van der Waals surface area contributed by atoms with E-state index in [0.717, 1.165) is 4.90 Å². The molecule has 7 nitrogen and oxygen atoms in total. The van der Waals surface area contributed by atoms with Crippen LogP contribution in [0.5, 0.6) is 0 Å². The van der Waals surface area contributed by atoms with E-state index in [4.69, 9.17) is 0 Å². The molecule has 1 fully saturated rings. The number of rotatable bonds is 4. The minimum Gasteiger partial charge on any atom is -0.339 e. The summed E-state index contributed by atoms with van der Waals surface area (Å²) in [7, 11) is -12.0. The molecule has 0 aliphatic carbocycles. The number of nitrogens with one attached hydrogen (secondary N) is 1. The summed E-state index contributed by atoms with van der Waals surface area (Å²) < 4.78 is 93.2. The maximum Gasteiger partial charge on any atom is 0.512 e. The third-order valence-electron chi connectivity index (χ3n) is 2.41. The number of hydrogen-bond acceptors (Lipinski definition) is 5. The number of halogens is 4. The average Bonchev–Trinajstić information content (AvgIpc) is 2.77. The van der Waals surface area contributed by atoms with Gasteiger partial charge in [-0.15, -0.1) is 0 Å². The molecule has 0 spiro atoms. The molecule has 0 aromatic rings. The Morgan fingerprint density at radius 1 is 1.10 bits per heavy atom. The summed E-state index contributed by atoms with van der Waals surface area (Å²) in [4.78, 5) is 12.2. The fourth-order valence-corrected chi connectivity index (χ4v) is 3.81. The van der Waals surface area contributed by atoms with Gasteiger partial charge in [-0.25, -0.2) is 21.2 Å². The van der Waals surface area contributed by atoms with Crippen LogP contribution in [0.25, 0.3) is 0 Å². The van der Waals surface area contributed by atoms with Crippen LogP contribution in [-0.2, 0) is 24.8 Å². The molecular weight excluding hydrogens is 332 g/mol. The lowest BCUT2D eigenvalue weighted by Gasteiger charge is -2.18. The van der Waals surface area contributed by atoms with Crippen molar-refractivity contribution >= 4 is 26.0 Å². The lowest BCUT2D eigenvalue weighted by atomic mass is 10.4. The van der Waals surface area contributed by atoms with Crippen LogP contribution in [0.1, 0.15) is 12.8 Å². The summed E-state index contributed by atoms with van der Waals surface area (Å²) in [5.41, 5.74) is -9.35. The maximum absolute atomic E-state index is 13.5. The molecule has 1 rings (SSSR count). The third-order valence-corrected chi connectivity index (χ3v) is 5.58. The highest BCUT2D eigenvalue weighted by atomic mass is 32.3. The van der Waals surface area contributed by atoms with Crippen molar-refractivity contribution in [2.45, 2.75) is 23.9 Å². The minimum atomic E-state index is -6.31. The van der Waals surface area contributed by atoms with Gasteiger partial charge in [0, 0.05) is 13.1 Å². The summed E-state index contributed by atoms with van der Waals surface area (Å²) in [5.74, 6) is -1.59. The van der Waals surface area contributed by atoms with E-state index in [1.165, 1.54) is 0 Å². The van der Waals surface area contributed by atoms with Crippen LogP contribution in [0.2, 0.25) is 0 Å². The highest BCUT2D eigenvalue weighted by molar-refractivity contribution is 8.05. The molecule has 0 saturated carbocycles. The number of sulfonamides is 2. The standard InChI is InChI=1S/C7H10F4N2O5S2/c8-5(6(14)13-3-1-2-4-13)19(15,16)12-20(17,18)7(9,10)11/h5,12H,1-4H2. The average molecular weight is 342 g/mol. The molecule has 0 radical (unpaired) electrons. The van der Waals surface area contributed by atoms with Gasteiger partial charge in [-0.1, -0.05) is 4.13 Å². The Labute approximate surface area is 112 Å². The summed E-state index contributed by atoms with van der Waals surface area (Å²) in [6, 6.07) is 0. The van der Waals surface area contributed by atoms with Crippen LogP contribution in [0.4, 0.5) is 17.6 Å². The molecule has 1 unspecified atom stereocenters. The van der Waals surface area contributed by atoms with Gasteiger partial charge >= 0.3 is 15.5 Å². The van der Waals surface area contributed by atoms with Gasteiger partial charge in [0.2, 0.25) is 0 Å². The topological polar surface area (TPSA) is 101 Å². The van der Waals surface area contributed by atoms with Gasteiger partial charge in [0.15, 0.2) is 0 Å². The molecule has 118 valence electrons. The Hall–Kier alpha value is -0.950. The number of carbonyl (C=O) groups excluding carboxylic acids is 1. The van der Waals surface area contributed by atoms with E-state index >= 15 is 0 Å². The molecular formula is C7H10F4N2O5S2.